The van der Waals surface area contributed by atoms with Gasteiger partial charge in [0.25, 0.3) is 0 Å². The van der Waals surface area contributed by atoms with Crippen LogP contribution in [0.25, 0.3) is 0 Å². The highest BCUT2D eigenvalue weighted by molar-refractivity contribution is 5.77. The third-order valence-electron chi connectivity index (χ3n) is 3.93. The Bertz CT molecular complexity index is 615. The van der Waals surface area contributed by atoms with Crippen molar-refractivity contribution < 1.29 is 13.9 Å². The summed E-state index contributed by atoms with van der Waals surface area (Å²) in [4.78, 5) is 12.0. The van der Waals surface area contributed by atoms with Gasteiger partial charge in [-0.15, -0.1) is 10.2 Å². The van der Waals surface area contributed by atoms with Gasteiger partial charge in [-0.3, -0.25) is 4.79 Å². The van der Waals surface area contributed by atoms with E-state index in [2.05, 4.69) is 10.2 Å². The van der Waals surface area contributed by atoms with Crippen LogP contribution in [-0.2, 0) is 16.1 Å². The summed E-state index contributed by atoms with van der Waals surface area (Å²) in [5.41, 5.74) is 0. The van der Waals surface area contributed by atoms with Gasteiger partial charge in [0.1, 0.15) is 12.1 Å². The minimum Gasteiger partial charge on any atom is -0.469 e. The molecule has 2 saturated carbocycles. The maximum atomic E-state index is 12.0. The zero-order valence-corrected chi connectivity index (χ0v) is 10.9. The van der Waals surface area contributed by atoms with E-state index in [9.17, 15) is 4.79 Å². The predicted octanol–water partition coefficient (Wildman–Crippen LogP) is 2.05. The molecule has 2 aromatic rings. The molecule has 0 N–H and O–H groups in total. The lowest BCUT2D eigenvalue weighted by Crippen LogP contribution is -2.11. The van der Waals surface area contributed by atoms with Crippen LogP contribution in [-0.4, -0.2) is 20.7 Å². The summed E-state index contributed by atoms with van der Waals surface area (Å²) in [5, 5.41) is 7.90. The van der Waals surface area contributed by atoms with Gasteiger partial charge in [-0.05, 0) is 31.4 Å². The SMILES string of the molecule is O=C(OCc1nncn1C1CC1)[C@H]1C[C@H]1c1ccco1. The fourth-order valence-corrected chi connectivity index (χ4v) is 2.54. The highest BCUT2D eigenvalue weighted by Crippen LogP contribution is 2.48. The van der Waals surface area contributed by atoms with Crippen LogP contribution in [0.5, 0.6) is 0 Å². The average Bonchev–Trinajstić information content (AvgIpc) is 3.36. The molecule has 6 heteroatoms. The second-order valence-corrected chi connectivity index (χ2v) is 5.46. The van der Waals surface area contributed by atoms with Crippen LogP contribution in [0.15, 0.2) is 29.1 Å². The van der Waals surface area contributed by atoms with Crippen LogP contribution in [0.1, 0.15) is 42.8 Å². The molecule has 0 spiro atoms. The van der Waals surface area contributed by atoms with Gasteiger partial charge in [-0.25, -0.2) is 0 Å². The molecule has 2 aliphatic rings. The summed E-state index contributed by atoms with van der Waals surface area (Å²) in [7, 11) is 0. The van der Waals surface area contributed by atoms with E-state index in [-0.39, 0.29) is 24.4 Å². The van der Waals surface area contributed by atoms with Crippen molar-refractivity contribution in [3.05, 3.63) is 36.3 Å². The highest BCUT2D eigenvalue weighted by atomic mass is 16.5. The molecule has 0 aliphatic heterocycles. The third kappa shape index (κ3) is 2.11. The van der Waals surface area contributed by atoms with E-state index in [0.717, 1.165) is 30.8 Å². The fraction of sp³-hybridized carbons (Fsp3) is 0.500. The molecule has 2 heterocycles. The lowest BCUT2D eigenvalue weighted by Gasteiger charge is -2.05. The molecule has 0 aromatic carbocycles. The van der Waals surface area contributed by atoms with Gasteiger partial charge in [0.15, 0.2) is 12.4 Å². The molecule has 0 radical (unpaired) electrons. The van der Waals surface area contributed by atoms with Crippen molar-refractivity contribution in [2.45, 2.75) is 37.8 Å². The molecule has 0 amide bonds. The molecule has 2 atom stereocenters. The van der Waals surface area contributed by atoms with Gasteiger partial charge in [0.05, 0.1) is 12.2 Å². The largest absolute Gasteiger partial charge is 0.469 e. The van der Waals surface area contributed by atoms with Crippen molar-refractivity contribution in [1.29, 1.82) is 0 Å². The molecule has 0 saturated heterocycles. The minimum absolute atomic E-state index is 0.0709. The molecule has 2 aromatic heterocycles. The van der Waals surface area contributed by atoms with E-state index < -0.39 is 0 Å². The van der Waals surface area contributed by atoms with Gasteiger partial charge >= 0.3 is 5.97 Å². The number of hydrogen-bond acceptors (Lipinski definition) is 5. The topological polar surface area (TPSA) is 70.2 Å². The number of hydrogen-bond donors (Lipinski definition) is 0. The number of nitrogens with zero attached hydrogens (tertiary/aromatic N) is 3. The summed E-state index contributed by atoms with van der Waals surface area (Å²) in [6, 6.07) is 4.24. The van der Waals surface area contributed by atoms with Gasteiger partial charge in [-0.1, -0.05) is 0 Å². The lowest BCUT2D eigenvalue weighted by molar-refractivity contribution is -0.147. The molecule has 104 valence electrons. The fourth-order valence-electron chi connectivity index (χ4n) is 2.54. The van der Waals surface area contributed by atoms with Gasteiger partial charge < -0.3 is 13.7 Å². The monoisotopic (exact) mass is 273 g/mol. The Labute approximate surface area is 115 Å². The summed E-state index contributed by atoms with van der Waals surface area (Å²) in [5.74, 6) is 1.54. The Morgan fingerprint density at radius 3 is 3.15 bits per heavy atom. The first-order valence-corrected chi connectivity index (χ1v) is 6.91. The van der Waals surface area contributed by atoms with Crippen molar-refractivity contribution in [3.8, 4) is 0 Å². The molecular formula is C14H15N3O3. The first-order chi connectivity index (χ1) is 9.83. The number of rotatable bonds is 5. The number of aromatic nitrogens is 3. The molecule has 2 fully saturated rings. The minimum atomic E-state index is -0.170. The zero-order chi connectivity index (χ0) is 13.5. The summed E-state index contributed by atoms with van der Waals surface area (Å²) >= 11 is 0. The zero-order valence-electron chi connectivity index (χ0n) is 10.9. The van der Waals surface area contributed by atoms with Gasteiger partial charge in [0, 0.05) is 12.0 Å². The van der Waals surface area contributed by atoms with E-state index >= 15 is 0 Å². The van der Waals surface area contributed by atoms with Crippen LogP contribution < -0.4 is 0 Å². The Balaban J connectivity index is 1.34. The van der Waals surface area contributed by atoms with E-state index in [1.54, 1.807) is 12.6 Å². The number of carbonyl (C=O) groups is 1. The van der Waals surface area contributed by atoms with Gasteiger partial charge in [-0.2, -0.15) is 0 Å². The molecule has 6 nitrogen and oxygen atoms in total. The Morgan fingerprint density at radius 1 is 1.50 bits per heavy atom. The number of carbonyl (C=O) groups excluding carboxylic acids is 1. The molecule has 20 heavy (non-hydrogen) atoms. The standard InChI is InChI=1S/C14H15N3O3/c18-14(11-6-10(11)12-2-1-5-19-12)20-7-13-16-15-8-17(13)9-3-4-9/h1-2,5,8-11H,3-4,6-7H2/t10-,11+/m1/s1. The number of furan rings is 1. The lowest BCUT2D eigenvalue weighted by atomic mass is 10.2. The van der Waals surface area contributed by atoms with E-state index in [1.165, 1.54) is 0 Å². The van der Waals surface area contributed by atoms with E-state index in [4.69, 9.17) is 9.15 Å². The molecule has 4 rings (SSSR count). The van der Waals surface area contributed by atoms with Gasteiger partial charge in [0.2, 0.25) is 0 Å². The van der Waals surface area contributed by atoms with Crippen LogP contribution >= 0.6 is 0 Å². The maximum absolute atomic E-state index is 12.0. The Hall–Kier alpha value is -2.11. The van der Waals surface area contributed by atoms with Crippen LogP contribution in [0.3, 0.4) is 0 Å². The average molecular weight is 273 g/mol. The normalized spacial score (nSPS) is 24.6. The second-order valence-electron chi connectivity index (χ2n) is 5.46. The van der Waals surface area contributed by atoms with Crippen LogP contribution in [0, 0.1) is 5.92 Å². The Morgan fingerprint density at radius 2 is 2.40 bits per heavy atom. The summed E-state index contributed by atoms with van der Waals surface area (Å²) < 4.78 is 12.7. The van der Waals surface area contributed by atoms with Crippen molar-refractivity contribution in [3.63, 3.8) is 0 Å². The first kappa shape index (κ1) is 11.7. The molecule has 0 unspecified atom stereocenters. The maximum Gasteiger partial charge on any atom is 0.310 e. The van der Waals surface area contributed by atoms with E-state index in [0.29, 0.717) is 6.04 Å². The highest BCUT2D eigenvalue weighted by Gasteiger charge is 2.47. The second kappa shape index (κ2) is 4.47. The number of esters is 1. The van der Waals surface area contributed by atoms with Crippen molar-refractivity contribution >= 4 is 5.97 Å². The summed E-state index contributed by atoms with van der Waals surface area (Å²) in [6.07, 6.45) is 6.46. The summed E-state index contributed by atoms with van der Waals surface area (Å²) in [6.45, 7) is 0.205. The van der Waals surface area contributed by atoms with E-state index in [1.807, 2.05) is 16.7 Å². The number of ether oxygens (including phenoxy) is 1. The predicted molar refractivity (Wildman–Crippen MR) is 67.6 cm³/mol. The molecule has 0 bridgehead atoms. The van der Waals surface area contributed by atoms with Crippen LogP contribution in [0.2, 0.25) is 0 Å². The van der Waals surface area contributed by atoms with Crippen LogP contribution in [0.4, 0.5) is 0 Å². The van der Waals surface area contributed by atoms with Crippen molar-refractivity contribution in [2.75, 3.05) is 0 Å². The molecule has 2 aliphatic carbocycles. The quantitative estimate of drug-likeness (QED) is 0.780. The Kier molecular flexibility index (Phi) is 2.61. The molecular weight excluding hydrogens is 258 g/mol. The van der Waals surface area contributed by atoms with Crippen molar-refractivity contribution in [2.24, 2.45) is 5.92 Å². The third-order valence-corrected chi connectivity index (χ3v) is 3.93. The van der Waals surface area contributed by atoms with Crippen molar-refractivity contribution in [1.82, 2.24) is 14.8 Å². The first-order valence-electron chi connectivity index (χ1n) is 6.91. The smallest absolute Gasteiger partial charge is 0.310 e.